The molecule has 0 radical (unpaired) electrons. The van der Waals surface area contributed by atoms with Crippen LogP contribution in [0, 0.1) is 5.82 Å². The van der Waals surface area contributed by atoms with Crippen LogP contribution in [0.25, 0.3) is 0 Å². The second-order valence-electron chi connectivity index (χ2n) is 3.19. The van der Waals surface area contributed by atoms with Gasteiger partial charge in [-0.1, -0.05) is 0 Å². The summed E-state index contributed by atoms with van der Waals surface area (Å²) in [7, 11) is -4.51. The average Bonchev–Trinajstić information content (AvgIpc) is 2.26. The fourth-order valence-electron chi connectivity index (χ4n) is 1.09. The van der Waals surface area contributed by atoms with Crippen LogP contribution in [0.2, 0.25) is 0 Å². The smallest absolute Gasteiger partial charge is 0.335 e. The molecule has 0 unspecified atom stereocenters. The van der Waals surface area contributed by atoms with Crippen molar-refractivity contribution < 1.29 is 31.5 Å². The standard InChI is InChI=1S/C9H8F3NO4S/c10-6-2-1-5(9(14)15)3-7(6)18(16,17)13-4-8(11)12/h1-3,8,13H,4H2,(H,14,15). The highest BCUT2D eigenvalue weighted by Crippen LogP contribution is 2.16. The van der Waals surface area contributed by atoms with Crippen LogP contribution >= 0.6 is 0 Å². The van der Waals surface area contributed by atoms with Gasteiger partial charge in [0.2, 0.25) is 10.0 Å². The highest BCUT2D eigenvalue weighted by Gasteiger charge is 2.22. The fraction of sp³-hybridized carbons (Fsp3) is 0.222. The van der Waals surface area contributed by atoms with Crippen molar-refractivity contribution in [1.29, 1.82) is 0 Å². The molecule has 0 atom stereocenters. The van der Waals surface area contributed by atoms with Crippen LogP contribution < -0.4 is 4.72 Å². The molecule has 1 rings (SSSR count). The topological polar surface area (TPSA) is 83.5 Å². The second kappa shape index (κ2) is 5.36. The SMILES string of the molecule is O=C(O)c1ccc(F)c(S(=O)(=O)NCC(F)F)c1. The number of hydrogen-bond acceptors (Lipinski definition) is 3. The lowest BCUT2D eigenvalue weighted by atomic mass is 10.2. The lowest BCUT2D eigenvalue weighted by molar-refractivity contribution is 0.0696. The van der Waals surface area contributed by atoms with Crippen LogP contribution in [-0.2, 0) is 10.0 Å². The molecule has 2 N–H and O–H groups in total. The van der Waals surface area contributed by atoms with E-state index in [-0.39, 0.29) is 0 Å². The Labute approximate surface area is 100 Å². The molecule has 0 heterocycles. The number of aromatic carboxylic acids is 1. The number of rotatable bonds is 5. The number of alkyl halides is 2. The second-order valence-corrected chi connectivity index (χ2v) is 4.93. The molecule has 9 heteroatoms. The monoisotopic (exact) mass is 283 g/mol. The molecule has 0 spiro atoms. The molecule has 0 bridgehead atoms. The number of benzene rings is 1. The number of nitrogens with one attached hydrogen (secondary N) is 1. The number of carboxylic acid groups (broad SMARTS) is 1. The Morgan fingerprint density at radius 1 is 1.39 bits per heavy atom. The molecule has 1 aromatic rings. The zero-order chi connectivity index (χ0) is 13.9. The molecule has 18 heavy (non-hydrogen) atoms. The van der Waals surface area contributed by atoms with Crippen molar-refractivity contribution in [2.75, 3.05) is 6.54 Å². The zero-order valence-corrected chi connectivity index (χ0v) is 9.55. The van der Waals surface area contributed by atoms with Gasteiger partial charge in [-0.15, -0.1) is 0 Å². The summed E-state index contributed by atoms with van der Waals surface area (Å²) in [4.78, 5) is 9.62. The Morgan fingerprint density at radius 3 is 2.50 bits per heavy atom. The van der Waals surface area contributed by atoms with Crippen LogP contribution in [0.5, 0.6) is 0 Å². The van der Waals surface area contributed by atoms with Crippen molar-refractivity contribution in [2.24, 2.45) is 0 Å². The van der Waals surface area contributed by atoms with Crippen molar-refractivity contribution in [3.8, 4) is 0 Å². The van der Waals surface area contributed by atoms with Gasteiger partial charge in [0.05, 0.1) is 12.1 Å². The average molecular weight is 283 g/mol. The number of hydrogen-bond donors (Lipinski definition) is 2. The highest BCUT2D eigenvalue weighted by atomic mass is 32.2. The van der Waals surface area contributed by atoms with Crippen molar-refractivity contribution in [3.63, 3.8) is 0 Å². The van der Waals surface area contributed by atoms with E-state index in [2.05, 4.69) is 0 Å². The molecule has 0 aliphatic heterocycles. The van der Waals surface area contributed by atoms with E-state index >= 15 is 0 Å². The molecule has 1 aromatic carbocycles. The van der Waals surface area contributed by atoms with E-state index in [0.29, 0.717) is 12.1 Å². The lowest BCUT2D eigenvalue weighted by Crippen LogP contribution is -2.29. The van der Waals surface area contributed by atoms with Crippen LogP contribution in [0.15, 0.2) is 23.1 Å². The summed E-state index contributed by atoms with van der Waals surface area (Å²) in [6, 6.07) is 2.07. The molecule has 0 saturated heterocycles. The van der Waals surface area contributed by atoms with Crippen molar-refractivity contribution in [3.05, 3.63) is 29.6 Å². The fourth-order valence-corrected chi connectivity index (χ4v) is 2.20. The number of sulfonamides is 1. The first-order valence-corrected chi connectivity index (χ1v) is 6.03. The van der Waals surface area contributed by atoms with E-state index in [9.17, 15) is 26.4 Å². The molecule has 0 saturated carbocycles. The first-order chi connectivity index (χ1) is 8.24. The van der Waals surface area contributed by atoms with Crippen LogP contribution in [0.3, 0.4) is 0 Å². The van der Waals surface area contributed by atoms with Gasteiger partial charge in [-0.25, -0.2) is 31.1 Å². The first kappa shape index (κ1) is 14.5. The maximum absolute atomic E-state index is 13.3. The Hall–Kier alpha value is -1.61. The molecule has 0 aromatic heterocycles. The van der Waals surface area contributed by atoms with Crippen LogP contribution in [-0.4, -0.2) is 32.5 Å². The van der Waals surface area contributed by atoms with E-state index in [1.54, 1.807) is 0 Å². The summed E-state index contributed by atoms with van der Waals surface area (Å²) >= 11 is 0. The van der Waals surface area contributed by atoms with Crippen molar-refractivity contribution in [1.82, 2.24) is 4.72 Å². The minimum Gasteiger partial charge on any atom is -0.478 e. The highest BCUT2D eigenvalue weighted by molar-refractivity contribution is 7.89. The minimum atomic E-state index is -4.51. The van der Waals surface area contributed by atoms with Gasteiger partial charge in [0, 0.05) is 0 Å². The third-order valence-corrected chi connectivity index (χ3v) is 3.33. The summed E-state index contributed by atoms with van der Waals surface area (Å²) in [5.41, 5.74) is -0.464. The maximum atomic E-state index is 13.3. The summed E-state index contributed by atoms with van der Waals surface area (Å²) in [6.07, 6.45) is -2.94. The van der Waals surface area contributed by atoms with E-state index in [1.165, 1.54) is 4.72 Å². The molecular formula is C9H8F3NO4S. The van der Waals surface area contributed by atoms with Gasteiger partial charge in [-0.2, -0.15) is 0 Å². The van der Waals surface area contributed by atoms with Gasteiger partial charge in [0.1, 0.15) is 10.7 Å². The Bertz CT molecular complexity index is 559. The van der Waals surface area contributed by atoms with Crippen LogP contribution in [0.1, 0.15) is 10.4 Å². The number of halogens is 3. The number of carbonyl (C=O) groups is 1. The molecular weight excluding hydrogens is 275 g/mol. The van der Waals surface area contributed by atoms with Gasteiger partial charge in [-0.3, -0.25) is 0 Å². The predicted octanol–water partition coefficient (Wildman–Crippen LogP) is 1.07. The largest absolute Gasteiger partial charge is 0.478 e. The summed E-state index contributed by atoms with van der Waals surface area (Å²) in [6.45, 7) is -1.18. The van der Waals surface area contributed by atoms with E-state index in [4.69, 9.17) is 5.11 Å². The van der Waals surface area contributed by atoms with Gasteiger partial charge in [0.15, 0.2) is 0 Å². The van der Waals surface area contributed by atoms with E-state index in [1.807, 2.05) is 0 Å². The van der Waals surface area contributed by atoms with E-state index in [0.717, 1.165) is 6.07 Å². The molecule has 100 valence electrons. The predicted molar refractivity (Wildman–Crippen MR) is 54.6 cm³/mol. The molecule has 0 aliphatic carbocycles. The summed E-state index contributed by atoms with van der Waals surface area (Å²) < 4.78 is 61.4. The molecule has 0 amide bonds. The van der Waals surface area contributed by atoms with E-state index < -0.39 is 45.2 Å². The minimum absolute atomic E-state index is 0.464. The maximum Gasteiger partial charge on any atom is 0.335 e. The van der Waals surface area contributed by atoms with Gasteiger partial charge < -0.3 is 5.11 Å². The molecule has 0 aliphatic rings. The Balaban J connectivity index is 3.15. The third kappa shape index (κ3) is 3.44. The zero-order valence-electron chi connectivity index (χ0n) is 8.73. The third-order valence-electron chi connectivity index (χ3n) is 1.90. The lowest BCUT2D eigenvalue weighted by Gasteiger charge is -2.07. The van der Waals surface area contributed by atoms with Gasteiger partial charge in [0.25, 0.3) is 6.43 Å². The quantitative estimate of drug-likeness (QED) is 0.846. The first-order valence-electron chi connectivity index (χ1n) is 4.54. The molecule has 0 fully saturated rings. The van der Waals surface area contributed by atoms with Crippen molar-refractivity contribution >= 4 is 16.0 Å². The normalized spacial score (nSPS) is 11.8. The Kier molecular flexibility index (Phi) is 4.30. The van der Waals surface area contributed by atoms with Crippen molar-refractivity contribution in [2.45, 2.75) is 11.3 Å². The van der Waals surface area contributed by atoms with Gasteiger partial charge in [-0.05, 0) is 18.2 Å². The Morgan fingerprint density at radius 2 is 2.00 bits per heavy atom. The summed E-state index contributed by atoms with van der Waals surface area (Å²) in [5, 5.41) is 8.63. The van der Waals surface area contributed by atoms with Crippen LogP contribution in [0.4, 0.5) is 13.2 Å². The van der Waals surface area contributed by atoms with Gasteiger partial charge >= 0.3 is 5.97 Å². The summed E-state index contributed by atoms with van der Waals surface area (Å²) in [5.74, 6) is -2.68. The molecule has 5 nitrogen and oxygen atoms in total. The number of carboxylic acids is 1.